The summed E-state index contributed by atoms with van der Waals surface area (Å²) in [6, 6.07) is 4.48. The lowest BCUT2D eigenvalue weighted by atomic mass is 10.1. The van der Waals surface area contributed by atoms with Gasteiger partial charge in [-0.1, -0.05) is 52.4 Å². The Bertz CT molecular complexity index is 877. The van der Waals surface area contributed by atoms with Gasteiger partial charge in [0.05, 0.1) is 6.61 Å². The number of aryl methyl sites for hydroxylation is 1. The highest BCUT2D eigenvalue weighted by molar-refractivity contribution is 5.55. The number of ether oxygens (including phenoxy) is 2. The molecule has 0 aliphatic rings. The van der Waals surface area contributed by atoms with Crippen LogP contribution < -0.4 is 4.74 Å². The first-order valence-electron chi connectivity index (χ1n) is 11.9. The van der Waals surface area contributed by atoms with E-state index in [1.165, 1.54) is 37.8 Å². The minimum absolute atomic E-state index is 0.0155. The van der Waals surface area contributed by atoms with E-state index in [9.17, 15) is 26.3 Å². The zero-order chi connectivity index (χ0) is 26.0. The summed E-state index contributed by atoms with van der Waals surface area (Å²) in [4.78, 5) is 8.51. The molecule has 0 aliphatic carbocycles. The van der Waals surface area contributed by atoms with Gasteiger partial charge in [-0.3, -0.25) is 0 Å². The lowest BCUT2D eigenvalue weighted by molar-refractivity contribution is -0.434. The van der Waals surface area contributed by atoms with Crippen molar-refractivity contribution in [2.45, 2.75) is 89.8 Å². The van der Waals surface area contributed by atoms with Crippen LogP contribution >= 0.6 is 0 Å². The van der Waals surface area contributed by atoms with Gasteiger partial charge in [-0.05, 0) is 49.1 Å². The van der Waals surface area contributed by atoms with Gasteiger partial charge in [0, 0.05) is 18.0 Å². The summed E-state index contributed by atoms with van der Waals surface area (Å²) < 4.78 is 90.7. The highest BCUT2D eigenvalue weighted by atomic mass is 19.4. The van der Waals surface area contributed by atoms with Crippen LogP contribution in [0.1, 0.15) is 70.8 Å². The van der Waals surface area contributed by atoms with Crippen LogP contribution in [-0.4, -0.2) is 34.7 Å². The van der Waals surface area contributed by atoms with Crippen LogP contribution in [0.4, 0.5) is 26.3 Å². The molecule has 1 aromatic heterocycles. The average molecular weight is 507 g/mol. The summed E-state index contributed by atoms with van der Waals surface area (Å²) in [6.07, 6.45) is 0.661. The van der Waals surface area contributed by atoms with E-state index in [1.54, 1.807) is 19.3 Å². The number of hydrogen-bond acceptors (Lipinski definition) is 4. The fourth-order valence-corrected chi connectivity index (χ4v) is 3.23. The fourth-order valence-electron chi connectivity index (χ4n) is 3.23. The Labute approximate surface area is 202 Å². The van der Waals surface area contributed by atoms with Crippen LogP contribution in [0.2, 0.25) is 0 Å². The summed E-state index contributed by atoms with van der Waals surface area (Å²) in [6.45, 7) is 2.98. The topological polar surface area (TPSA) is 44.2 Å². The number of benzene rings is 1. The van der Waals surface area contributed by atoms with E-state index in [0.29, 0.717) is 17.8 Å². The van der Waals surface area contributed by atoms with Gasteiger partial charge in [0.1, 0.15) is 5.75 Å². The molecule has 35 heavy (non-hydrogen) atoms. The van der Waals surface area contributed by atoms with Gasteiger partial charge in [-0.15, -0.1) is 0 Å². The lowest BCUT2D eigenvalue weighted by Crippen LogP contribution is -2.58. The third kappa shape index (κ3) is 8.08. The molecule has 0 aliphatic heterocycles. The standard InChI is InChI=1S/C25H32F6N2O2/c1-3-5-7-8-9-10-11-19-17-32-22(33-18-19)20-12-14-21(15-13-20)35-25(30,31)23(26,27)24(28,29)34-16-6-4-2/h12-15,17-18H,3-11,16H2,1-2H3. The summed E-state index contributed by atoms with van der Waals surface area (Å²) in [7, 11) is 0. The molecule has 1 aromatic carbocycles. The summed E-state index contributed by atoms with van der Waals surface area (Å²) >= 11 is 0. The van der Waals surface area contributed by atoms with Crippen molar-refractivity contribution >= 4 is 0 Å². The predicted octanol–water partition coefficient (Wildman–Crippen LogP) is 8.06. The third-order valence-corrected chi connectivity index (χ3v) is 5.40. The van der Waals surface area contributed by atoms with Crippen molar-refractivity contribution in [2.75, 3.05) is 6.61 Å². The molecule has 0 radical (unpaired) electrons. The number of hydrogen-bond donors (Lipinski definition) is 0. The monoisotopic (exact) mass is 506 g/mol. The van der Waals surface area contributed by atoms with E-state index in [0.717, 1.165) is 37.0 Å². The number of rotatable bonds is 16. The van der Waals surface area contributed by atoms with E-state index < -0.39 is 30.5 Å². The molecule has 1 heterocycles. The number of halogens is 6. The van der Waals surface area contributed by atoms with Gasteiger partial charge in [0.2, 0.25) is 0 Å². The molecule has 0 N–H and O–H groups in total. The molecule has 0 saturated carbocycles. The molecule has 0 amide bonds. The van der Waals surface area contributed by atoms with Gasteiger partial charge in [0.25, 0.3) is 0 Å². The largest absolute Gasteiger partial charge is 0.473 e. The third-order valence-electron chi connectivity index (χ3n) is 5.40. The normalized spacial score (nSPS) is 12.7. The first-order chi connectivity index (χ1) is 16.5. The minimum Gasteiger partial charge on any atom is -0.428 e. The molecule has 0 saturated heterocycles. The van der Waals surface area contributed by atoms with Crippen LogP contribution in [0.25, 0.3) is 11.4 Å². The lowest BCUT2D eigenvalue weighted by Gasteiger charge is -2.31. The van der Waals surface area contributed by atoms with Crippen molar-refractivity contribution in [3.63, 3.8) is 0 Å². The maximum atomic E-state index is 14.0. The Morgan fingerprint density at radius 2 is 1.29 bits per heavy atom. The van der Waals surface area contributed by atoms with Gasteiger partial charge >= 0.3 is 18.1 Å². The molecule has 196 valence electrons. The maximum absolute atomic E-state index is 14.0. The number of unbranched alkanes of at least 4 members (excludes halogenated alkanes) is 6. The first-order valence-corrected chi connectivity index (χ1v) is 11.9. The second-order valence-electron chi connectivity index (χ2n) is 8.37. The predicted molar refractivity (Wildman–Crippen MR) is 121 cm³/mol. The molecule has 10 heteroatoms. The second-order valence-corrected chi connectivity index (χ2v) is 8.37. The molecule has 4 nitrogen and oxygen atoms in total. The maximum Gasteiger partial charge on any atom is 0.473 e. The Balaban J connectivity index is 1.97. The molecule has 2 aromatic rings. The Morgan fingerprint density at radius 3 is 1.89 bits per heavy atom. The summed E-state index contributed by atoms with van der Waals surface area (Å²) in [5.74, 6) is -6.31. The van der Waals surface area contributed by atoms with Gasteiger partial charge < -0.3 is 9.47 Å². The molecule has 0 atom stereocenters. The minimum atomic E-state index is -5.89. The molecule has 0 spiro atoms. The van der Waals surface area contributed by atoms with Gasteiger partial charge in [-0.2, -0.15) is 26.3 Å². The van der Waals surface area contributed by atoms with E-state index in [2.05, 4.69) is 26.4 Å². The molecular formula is C25H32F6N2O2. The Hall–Kier alpha value is -2.36. The SMILES string of the molecule is CCCCCCCCc1cnc(-c2ccc(OC(F)(F)C(F)(F)C(F)(F)OCCCC)cc2)nc1. The Morgan fingerprint density at radius 1 is 0.714 bits per heavy atom. The van der Waals surface area contributed by atoms with Crippen LogP contribution in [0.5, 0.6) is 5.75 Å². The molecule has 0 unspecified atom stereocenters. The van der Waals surface area contributed by atoms with E-state index in [-0.39, 0.29) is 6.42 Å². The van der Waals surface area contributed by atoms with Crippen molar-refractivity contribution in [3.05, 3.63) is 42.2 Å². The summed E-state index contributed by atoms with van der Waals surface area (Å²) in [5, 5.41) is 0. The number of aromatic nitrogens is 2. The quantitative estimate of drug-likeness (QED) is 0.171. The van der Waals surface area contributed by atoms with E-state index in [1.807, 2.05) is 0 Å². The van der Waals surface area contributed by atoms with Crippen LogP contribution in [0.3, 0.4) is 0 Å². The number of nitrogens with zero attached hydrogens (tertiary/aromatic N) is 2. The zero-order valence-corrected chi connectivity index (χ0v) is 20.0. The summed E-state index contributed by atoms with van der Waals surface area (Å²) in [5.41, 5.74) is 1.39. The molecule has 0 bridgehead atoms. The van der Waals surface area contributed by atoms with Crippen molar-refractivity contribution < 1.29 is 35.8 Å². The van der Waals surface area contributed by atoms with Crippen LogP contribution in [0.15, 0.2) is 36.7 Å². The highest BCUT2D eigenvalue weighted by Gasteiger charge is 2.75. The van der Waals surface area contributed by atoms with Crippen molar-refractivity contribution in [2.24, 2.45) is 0 Å². The van der Waals surface area contributed by atoms with Crippen LogP contribution in [-0.2, 0) is 11.2 Å². The average Bonchev–Trinajstić information content (AvgIpc) is 2.82. The first kappa shape index (κ1) is 28.9. The van der Waals surface area contributed by atoms with Crippen molar-refractivity contribution in [1.82, 2.24) is 9.97 Å². The van der Waals surface area contributed by atoms with E-state index in [4.69, 9.17) is 0 Å². The van der Waals surface area contributed by atoms with Crippen molar-refractivity contribution in [3.8, 4) is 17.1 Å². The molecule has 2 rings (SSSR count). The van der Waals surface area contributed by atoms with Gasteiger partial charge in [-0.25, -0.2) is 9.97 Å². The smallest absolute Gasteiger partial charge is 0.428 e. The van der Waals surface area contributed by atoms with E-state index >= 15 is 0 Å². The molecule has 0 fully saturated rings. The van der Waals surface area contributed by atoms with Crippen LogP contribution in [0, 0.1) is 0 Å². The Kier molecular flexibility index (Phi) is 10.8. The fraction of sp³-hybridized carbons (Fsp3) is 0.600. The zero-order valence-electron chi connectivity index (χ0n) is 20.0. The molecular weight excluding hydrogens is 474 g/mol. The second kappa shape index (κ2) is 13.1. The van der Waals surface area contributed by atoms with Crippen molar-refractivity contribution in [1.29, 1.82) is 0 Å². The highest BCUT2D eigenvalue weighted by Crippen LogP contribution is 2.47. The number of alkyl halides is 6. The van der Waals surface area contributed by atoms with Gasteiger partial charge in [0.15, 0.2) is 5.82 Å².